The molecular formula is C28H34ClN3OS. The highest BCUT2D eigenvalue weighted by Gasteiger charge is 2.61. The number of nitrogens with one attached hydrogen (secondary N) is 1. The van der Waals surface area contributed by atoms with Crippen molar-refractivity contribution in [3.63, 3.8) is 0 Å². The Balaban J connectivity index is 1.33. The lowest BCUT2D eigenvalue weighted by atomic mass is 10.00. The van der Waals surface area contributed by atoms with Gasteiger partial charge < -0.3 is 10.1 Å². The molecule has 4 heterocycles. The van der Waals surface area contributed by atoms with E-state index in [1.165, 1.54) is 28.2 Å². The number of aryl methyl sites for hydroxylation is 1. The van der Waals surface area contributed by atoms with Crippen LogP contribution >= 0.6 is 22.9 Å². The molecule has 34 heavy (non-hydrogen) atoms. The third-order valence-electron chi connectivity index (χ3n) is 8.53. The van der Waals surface area contributed by atoms with Crippen LogP contribution in [-0.2, 0) is 6.54 Å². The number of nitrogens with zero attached hydrogens (tertiary/aromatic N) is 2. The van der Waals surface area contributed by atoms with E-state index in [9.17, 15) is 0 Å². The van der Waals surface area contributed by atoms with Gasteiger partial charge in [-0.25, -0.2) is 0 Å². The quantitative estimate of drug-likeness (QED) is 0.436. The van der Waals surface area contributed by atoms with Gasteiger partial charge in [0.1, 0.15) is 11.9 Å². The van der Waals surface area contributed by atoms with Crippen molar-refractivity contribution in [2.75, 3.05) is 19.6 Å². The van der Waals surface area contributed by atoms with E-state index in [1.54, 1.807) is 0 Å². The van der Waals surface area contributed by atoms with Gasteiger partial charge >= 0.3 is 0 Å². The minimum atomic E-state index is 0.162. The summed E-state index contributed by atoms with van der Waals surface area (Å²) in [5.74, 6) is 2.71. The molecule has 3 aliphatic rings. The standard InChI is InChI=1S/C28H34ClN3OS/c1-16-10-18(29)11-21(26(16)33-25-6-5-8-30-17(25)2)20-7-9-31-24-12-19(34-27(20)24)13-32-14-22-23(15-32)28(22,3)4/h7,9-12,17,22-23,25,30H,5-6,8,13-15H2,1-4H3/t17-,22?,23?,25+/m1/s1. The van der Waals surface area contributed by atoms with E-state index in [0.717, 1.165) is 65.2 Å². The first-order valence-corrected chi connectivity index (χ1v) is 13.8. The zero-order valence-electron chi connectivity index (χ0n) is 20.5. The Morgan fingerprint density at radius 2 is 2.00 bits per heavy atom. The van der Waals surface area contributed by atoms with Crippen LogP contribution in [0, 0.1) is 24.2 Å². The van der Waals surface area contributed by atoms with Gasteiger partial charge in [0, 0.05) is 52.9 Å². The van der Waals surface area contributed by atoms with E-state index < -0.39 is 0 Å². The third kappa shape index (κ3) is 3.95. The molecule has 2 unspecified atom stereocenters. The SMILES string of the molecule is Cc1cc(Cl)cc(-c2ccnc3cc(CN4CC5C(C4)C5(C)C)sc23)c1O[C@H]1CCCN[C@@H]1C. The average molecular weight is 496 g/mol. The number of rotatable bonds is 5. The number of piperidine rings is 2. The number of aromatic nitrogens is 1. The van der Waals surface area contributed by atoms with Gasteiger partial charge in [-0.05, 0) is 80.3 Å². The van der Waals surface area contributed by atoms with Gasteiger partial charge in [0.15, 0.2) is 0 Å². The van der Waals surface area contributed by atoms with Crippen LogP contribution in [0.25, 0.3) is 21.3 Å². The molecule has 0 bridgehead atoms. The Morgan fingerprint density at radius 3 is 2.76 bits per heavy atom. The van der Waals surface area contributed by atoms with Crippen molar-refractivity contribution in [1.29, 1.82) is 0 Å². The highest BCUT2D eigenvalue weighted by Crippen LogP contribution is 2.62. The van der Waals surface area contributed by atoms with Crippen LogP contribution in [0.1, 0.15) is 44.1 Å². The molecule has 6 heteroatoms. The van der Waals surface area contributed by atoms with Crippen LogP contribution in [0.15, 0.2) is 30.5 Å². The van der Waals surface area contributed by atoms with Crippen molar-refractivity contribution in [3.8, 4) is 16.9 Å². The van der Waals surface area contributed by atoms with Crippen LogP contribution in [0.4, 0.5) is 0 Å². The molecule has 1 aromatic carbocycles. The van der Waals surface area contributed by atoms with Gasteiger partial charge in [-0.2, -0.15) is 0 Å². The number of benzene rings is 1. The molecule has 180 valence electrons. The smallest absolute Gasteiger partial charge is 0.130 e. The van der Waals surface area contributed by atoms with Gasteiger partial charge in [0.25, 0.3) is 0 Å². The summed E-state index contributed by atoms with van der Waals surface area (Å²) < 4.78 is 7.92. The van der Waals surface area contributed by atoms with Crippen LogP contribution in [0.5, 0.6) is 5.75 Å². The number of hydrogen-bond acceptors (Lipinski definition) is 5. The molecule has 3 fully saturated rings. The molecule has 2 saturated heterocycles. The predicted molar refractivity (Wildman–Crippen MR) is 142 cm³/mol. The Bertz CT molecular complexity index is 1220. The van der Waals surface area contributed by atoms with Crippen molar-refractivity contribution >= 4 is 33.2 Å². The number of pyridine rings is 1. The molecule has 4 atom stereocenters. The summed E-state index contributed by atoms with van der Waals surface area (Å²) >= 11 is 8.44. The van der Waals surface area contributed by atoms with Gasteiger partial charge in [0.05, 0.1) is 10.2 Å². The Labute approximate surface area is 211 Å². The molecular weight excluding hydrogens is 462 g/mol. The second-order valence-corrected chi connectivity index (χ2v) is 12.7. The van der Waals surface area contributed by atoms with E-state index >= 15 is 0 Å². The number of likely N-dealkylation sites (tertiary alicyclic amines) is 1. The maximum atomic E-state index is 6.69. The first-order valence-electron chi connectivity index (χ1n) is 12.6. The van der Waals surface area contributed by atoms with Gasteiger partial charge in [-0.1, -0.05) is 25.4 Å². The summed E-state index contributed by atoms with van der Waals surface area (Å²) in [6.45, 7) is 13.7. The zero-order valence-corrected chi connectivity index (χ0v) is 22.1. The highest BCUT2D eigenvalue weighted by atomic mass is 35.5. The van der Waals surface area contributed by atoms with Gasteiger partial charge in [-0.15, -0.1) is 11.3 Å². The summed E-state index contributed by atoms with van der Waals surface area (Å²) in [6, 6.07) is 8.81. The molecule has 1 aliphatic carbocycles. The zero-order chi connectivity index (χ0) is 23.6. The third-order valence-corrected chi connectivity index (χ3v) is 9.89. The number of hydrogen-bond donors (Lipinski definition) is 1. The topological polar surface area (TPSA) is 37.4 Å². The number of fused-ring (bicyclic) bond motifs is 2. The normalized spacial score (nSPS) is 28.3. The van der Waals surface area contributed by atoms with E-state index in [2.05, 4.69) is 56.1 Å². The van der Waals surface area contributed by atoms with Crippen molar-refractivity contribution in [2.24, 2.45) is 17.3 Å². The largest absolute Gasteiger partial charge is 0.488 e. The molecule has 3 aromatic rings. The highest BCUT2D eigenvalue weighted by molar-refractivity contribution is 7.19. The molecule has 1 saturated carbocycles. The summed E-state index contributed by atoms with van der Waals surface area (Å²) in [7, 11) is 0. The van der Waals surface area contributed by atoms with Crippen LogP contribution in [-0.4, -0.2) is 41.7 Å². The van der Waals surface area contributed by atoms with Crippen molar-refractivity contribution < 1.29 is 4.74 Å². The lowest BCUT2D eigenvalue weighted by Crippen LogP contribution is -2.45. The van der Waals surface area contributed by atoms with Gasteiger partial charge in [0.2, 0.25) is 0 Å². The Morgan fingerprint density at radius 1 is 1.21 bits per heavy atom. The maximum absolute atomic E-state index is 6.69. The molecule has 0 radical (unpaired) electrons. The summed E-state index contributed by atoms with van der Waals surface area (Å²) in [5.41, 5.74) is 4.95. The molecule has 6 rings (SSSR count). The van der Waals surface area contributed by atoms with Crippen molar-refractivity contribution in [1.82, 2.24) is 15.2 Å². The lowest BCUT2D eigenvalue weighted by Gasteiger charge is -2.31. The molecule has 0 amide bonds. The first kappa shape index (κ1) is 22.8. The molecule has 1 N–H and O–H groups in total. The summed E-state index contributed by atoms with van der Waals surface area (Å²) in [6.07, 6.45) is 4.29. The van der Waals surface area contributed by atoms with E-state index in [4.69, 9.17) is 21.3 Å². The number of ether oxygens (including phenoxy) is 1. The molecule has 2 aliphatic heterocycles. The molecule has 0 spiro atoms. The van der Waals surface area contributed by atoms with E-state index in [1.807, 2.05) is 23.6 Å². The number of thiophene rings is 1. The predicted octanol–water partition coefficient (Wildman–Crippen LogP) is 6.53. The fraction of sp³-hybridized carbons (Fsp3) is 0.536. The summed E-state index contributed by atoms with van der Waals surface area (Å²) in [4.78, 5) is 8.73. The second kappa shape index (κ2) is 8.48. The van der Waals surface area contributed by atoms with E-state index in [0.29, 0.717) is 11.5 Å². The fourth-order valence-electron chi connectivity index (χ4n) is 6.25. The van der Waals surface area contributed by atoms with Crippen molar-refractivity contribution in [2.45, 2.75) is 59.2 Å². The summed E-state index contributed by atoms with van der Waals surface area (Å²) in [5, 5.41) is 4.30. The molecule has 4 nitrogen and oxygen atoms in total. The maximum Gasteiger partial charge on any atom is 0.130 e. The minimum Gasteiger partial charge on any atom is -0.488 e. The van der Waals surface area contributed by atoms with Crippen LogP contribution < -0.4 is 10.1 Å². The van der Waals surface area contributed by atoms with Crippen LogP contribution in [0.3, 0.4) is 0 Å². The molecule has 2 aromatic heterocycles. The second-order valence-electron chi connectivity index (χ2n) is 11.2. The minimum absolute atomic E-state index is 0.162. The van der Waals surface area contributed by atoms with E-state index in [-0.39, 0.29) is 6.10 Å². The average Bonchev–Trinajstić information content (AvgIpc) is 3.18. The lowest BCUT2D eigenvalue weighted by molar-refractivity contribution is 0.127. The van der Waals surface area contributed by atoms with Gasteiger partial charge in [-0.3, -0.25) is 9.88 Å². The van der Waals surface area contributed by atoms with Crippen molar-refractivity contribution in [3.05, 3.63) is 45.9 Å². The Hall–Kier alpha value is -1.66. The monoisotopic (exact) mass is 495 g/mol. The van der Waals surface area contributed by atoms with Crippen LogP contribution in [0.2, 0.25) is 5.02 Å². The number of halogens is 1. The first-order chi connectivity index (χ1) is 16.3. The Kier molecular flexibility index (Phi) is 5.68. The fourth-order valence-corrected chi connectivity index (χ4v) is 7.71.